The number of benzene rings is 3. The molecule has 0 aliphatic carbocycles. The van der Waals surface area contributed by atoms with Crippen molar-refractivity contribution >= 4 is 34.1 Å². The molecule has 5 rings (SSSR count). The lowest BCUT2D eigenvalue weighted by atomic mass is 10.2. The molecule has 2 heterocycles. The number of hydrogen-bond acceptors (Lipinski definition) is 0. The minimum atomic E-state index is 1.14. The van der Waals surface area contributed by atoms with Gasteiger partial charge in [0.15, 0.2) is 0 Å². The molecular formula is C27H22N2. The van der Waals surface area contributed by atoms with E-state index >= 15 is 0 Å². The van der Waals surface area contributed by atoms with Gasteiger partial charge < -0.3 is 0 Å². The SMILES string of the molecule is C=C/C=c1\c(=C/C)c2c3ccccc3n(-c3ccccc3)c2n1-c1ccccc1. The zero-order valence-corrected chi connectivity index (χ0v) is 16.4. The van der Waals surface area contributed by atoms with Gasteiger partial charge in [0.1, 0.15) is 5.65 Å². The van der Waals surface area contributed by atoms with E-state index in [-0.39, 0.29) is 0 Å². The Balaban J connectivity index is 2.13. The Morgan fingerprint density at radius 2 is 1.31 bits per heavy atom. The summed E-state index contributed by atoms with van der Waals surface area (Å²) < 4.78 is 4.71. The van der Waals surface area contributed by atoms with E-state index in [9.17, 15) is 0 Å². The standard InChI is InChI=1S/C27H22N2/c1-3-13-24-22(4-2)26-23-18-11-12-19-25(23)29(21-16-9-6-10-17-21)27(26)28(24)20-14-7-5-8-15-20/h3-19H,1H2,2H3/b22-4+,24-13+. The van der Waals surface area contributed by atoms with Crippen molar-refractivity contribution < 1.29 is 0 Å². The highest BCUT2D eigenvalue weighted by Gasteiger charge is 2.19. The molecule has 0 atom stereocenters. The van der Waals surface area contributed by atoms with Gasteiger partial charge in [-0.3, -0.25) is 9.13 Å². The molecule has 0 N–H and O–H groups in total. The minimum Gasteiger partial charge on any atom is -0.295 e. The highest BCUT2D eigenvalue weighted by Crippen LogP contribution is 2.31. The fourth-order valence-electron chi connectivity index (χ4n) is 4.31. The van der Waals surface area contributed by atoms with Crippen LogP contribution in [0.1, 0.15) is 6.92 Å². The molecule has 0 spiro atoms. The van der Waals surface area contributed by atoms with Crippen molar-refractivity contribution in [2.45, 2.75) is 6.92 Å². The molecule has 0 aliphatic heterocycles. The van der Waals surface area contributed by atoms with Crippen LogP contribution in [0.15, 0.2) is 97.6 Å². The number of hydrogen-bond donors (Lipinski definition) is 0. The van der Waals surface area contributed by atoms with Crippen LogP contribution in [-0.4, -0.2) is 9.13 Å². The second-order valence-corrected chi connectivity index (χ2v) is 7.05. The average molecular weight is 374 g/mol. The number of para-hydroxylation sites is 3. The molecule has 29 heavy (non-hydrogen) atoms. The molecule has 0 fully saturated rings. The van der Waals surface area contributed by atoms with E-state index in [0.717, 1.165) is 16.7 Å². The van der Waals surface area contributed by atoms with E-state index in [1.807, 2.05) is 6.08 Å². The average Bonchev–Trinajstić information content (AvgIpc) is 3.27. The lowest BCUT2D eigenvalue weighted by molar-refractivity contribution is 1.01. The quantitative estimate of drug-likeness (QED) is 0.403. The van der Waals surface area contributed by atoms with Crippen LogP contribution in [0.25, 0.3) is 45.5 Å². The first kappa shape index (κ1) is 17.3. The summed E-state index contributed by atoms with van der Waals surface area (Å²) in [6.07, 6.45) is 6.18. The molecule has 0 unspecified atom stereocenters. The largest absolute Gasteiger partial charge is 0.295 e. The van der Waals surface area contributed by atoms with E-state index in [4.69, 9.17) is 0 Å². The number of rotatable bonds is 3. The van der Waals surface area contributed by atoms with Gasteiger partial charge in [0.05, 0.1) is 10.9 Å². The van der Waals surface area contributed by atoms with Crippen molar-refractivity contribution in [3.63, 3.8) is 0 Å². The van der Waals surface area contributed by atoms with Crippen molar-refractivity contribution in [1.29, 1.82) is 0 Å². The summed E-state index contributed by atoms with van der Waals surface area (Å²) in [5.74, 6) is 0. The van der Waals surface area contributed by atoms with Crippen molar-refractivity contribution in [1.82, 2.24) is 9.13 Å². The van der Waals surface area contributed by atoms with Gasteiger partial charge in [-0.25, -0.2) is 0 Å². The van der Waals surface area contributed by atoms with Crippen LogP contribution in [0.3, 0.4) is 0 Å². The van der Waals surface area contributed by atoms with Crippen LogP contribution < -0.4 is 10.6 Å². The monoisotopic (exact) mass is 374 g/mol. The maximum atomic E-state index is 3.97. The Kier molecular flexibility index (Phi) is 4.18. The van der Waals surface area contributed by atoms with Gasteiger partial charge in [0.2, 0.25) is 0 Å². The second-order valence-electron chi connectivity index (χ2n) is 7.05. The number of nitrogens with zero attached hydrogens (tertiary/aromatic N) is 2. The third-order valence-electron chi connectivity index (χ3n) is 5.44. The predicted molar refractivity (Wildman–Crippen MR) is 124 cm³/mol. The Morgan fingerprint density at radius 1 is 0.724 bits per heavy atom. The zero-order chi connectivity index (χ0) is 19.8. The van der Waals surface area contributed by atoms with Crippen LogP contribution in [0.2, 0.25) is 0 Å². The lowest BCUT2D eigenvalue weighted by Crippen LogP contribution is -2.28. The molecule has 2 heteroatoms. The Bertz CT molecular complexity index is 1450. The number of aromatic nitrogens is 2. The Labute approximate surface area is 170 Å². The summed E-state index contributed by atoms with van der Waals surface area (Å²) in [6, 6.07) is 29.8. The van der Waals surface area contributed by atoms with Gasteiger partial charge >= 0.3 is 0 Å². The van der Waals surface area contributed by atoms with Gasteiger partial charge in [-0.15, -0.1) is 0 Å². The Morgan fingerprint density at radius 3 is 1.93 bits per heavy atom. The molecule has 2 aromatic heterocycles. The number of fused-ring (bicyclic) bond motifs is 3. The van der Waals surface area contributed by atoms with E-state index in [1.165, 1.54) is 27.2 Å². The van der Waals surface area contributed by atoms with Gasteiger partial charge in [-0.1, -0.05) is 73.3 Å². The van der Waals surface area contributed by atoms with Crippen molar-refractivity contribution in [3.8, 4) is 11.4 Å². The molecule has 5 aromatic rings. The van der Waals surface area contributed by atoms with Crippen molar-refractivity contribution in [3.05, 3.63) is 108 Å². The summed E-state index contributed by atoms with van der Waals surface area (Å²) in [5.41, 5.74) is 4.67. The number of allylic oxidation sites excluding steroid dienone is 1. The first-order valence-corrected chi connectivity index (χ1v) is 9.89. The van der Waals surface area contributed by atoms with Crippen molar-refractivity contribution in [2.24, 2.45) is 0 Å². The van der Waals surface area contributed by atoms with Crippen LogP contribution >= 0.6 is 0 Å². The van der Waals surface area contributed by atoms with Crippen LogP contribution in [0.4, 0.5) is 0 Å². The van der Waals surface area contributed by atoms with Gasteiger partial charge in [0.25, 0.3) is 0 Å². The summed E-state index contributed by atoms with van der Waals surface area (Å²) in [6.45, 7) is 6.08. The third kappa shape index (κ3) is 2.57. The molecule has 0 radical (unpaired) electrons. The maximum absolute atomic E-state index is 3.97. The van der Waals surface area contributed by atoms with Crippen LogP contribution in [0, 0.1) is 0 Å². The van der Waals surface area contributed by atoms with Gasteiger partial charge in [0, 0.05) is 27.4 Å². The molecule has 0 saturated heterocycles. The first-order chi connectivity index (χ1) is 14.3. The zero-order valence-electron chi connectivity index (χ0n) is 16.4. The van der Waals surface area contributed by atoms with Crippen molar-refractivity contribution in [2.75, 3.05) is 0 Å². The molecule has 0 bridgehead atoms. The Hall–Kier alpha value is -3.78. The second kappa shape index (κ2) is 6.99. The van der Waals surface area contributed by atoms with E-state index in [0.29, 0.717) is 0 Å². The summed E-state index contributed by atoms with van der Waals surface area (Å²) in [5, 5.41) is 4.90. The molecule has 2 nitrogen and oxygen atoms in total. The first-order valence-electron chi connectivity index (χ1n) is 9.89. The maximum Gasteiger partial charge on any atom is 0.131 e. The highest BCUT2D eigenvalue weighted by atomic mass is 15.1. The summed E-state index contributed by atoms with van der Waals surface area (Å²) in [7, 11) is 0. The van der Waals surface area contributed by atoms with Crippen LogP contribution in [-0.2, 0) is 0 Å². The molecular weight excluding hydrogens is 352 g/mol. The smallest absolute Gasteiger partial charge is 0.131 e. The minimum absolute atomic E-state index is 1.14. The highest BCUT2D eigenvalue weighted by molar-refractivity contribution is 6.09. The van der Waals surface area contributed by atoms with E-state index in [2.05, 4.69) is 120 Å². The van der Waals surface area contributed by atoms with Gasteiger partial charge in [-0.05, 0) is 43.3 Å². The molecule has 0 saturated carbocycles. The van der Waals surface area contributed by atoms with Gasteiger partial charge in [-0.2, -0.15) is 0 Å². The normalized spacial score (nSPS) is 12.9. The molecule has 140 valence electrons. The predicted octanol–water partition coefficient (Wildman–Crippen LogP) is 5.34. The fraction of sp³-hybridized carbons (Fsp3) is 0.0370. The molecule has 3 aromatic carbocycles. The van der Waals surface area contributed by atoms with Crippen LogP contribution in [0.5, 0.6) is 0 Å². The third-order valence-corrected chi connectivity index (χ3v) is 5.44. The topological polar surface area (TPSA) is 9.86 Å². The fourth-order valence-corrected chi connectivity index (χ4v) is 4.31. The molecule has 0 amide bonds. The van der Waals surface area contributed by atoms with E-state index < -0.39 is 0 Å². The molecule has 0 aliphatic rings. The van der Waals surface area contributed by atoms with E-state index in [1.54, 1.807) is 0 Å². The summed E-state index contributed by atoms with van der Waals surface area (Å²) >= 11 is 0. The lowest BCUT2D eigenvalue weighted by Gasteiger charge is -2.12. The summed E-state index contributed by atoms with van der Waals surface area (Å²) in [4.78, 5) is 0.